The molecule has 74 heavy (non-hydrogen) atoms. The normalized spacial score (nSPS) is 23.4. The lowest BCUT2D eigenvalue weighted by Crippen LogP contribution is -2.42. The number of aromatic nitrogens is 4. The maximum Gasteiger partial charge on any atom is 0.328 e. The first-order valence-corrected chi connectivity index (χ1v) is 28.2. The number of amides is 2. The van der Waals surface area contributed by atoms with Gasteiger partial charge in [-0.2, -0.15) is 16.8 Å². The van der Waals surface area contributed by atoms with Crippen molar-refractivity contribution in [3.8, 4) is 0 Å². The first-order valence-electron chi connectivity index (χ1n) is 25.2. The summed E-state index contributed by atoms with van der Waals surface area (Å²) in [5.74, 6) is 0.000466. The van der Waals surface area contributed by atoms with E-state index in [1.54, 1.807) is 56.3 Å². The van der Waals surface area contributed by atoms with Crippen LogP contribution in [0.5, 0.6) is 0 Å². The molecule has 8 bridgehead atoms. The number of fused-ring (bicyclic) bond motifs is 12. The fraction of sp³-hybridized carbons (Fsp3) is 0.566. The number of pyridine rings is 4. The summed E-state index contributed by atoms with van der Waals surface area (Å²) in [7, 11) is -7.25. The number of ether oxygens (including phenoxy) is 1. The van der Waals surface area contributed by atoms with Gasteiger partial charge in [0.2, 0.25) is 0 Å². The number of nitrogens with one attached hydrogen (secondary N) is 4. The number of carbonyl (C=O) groups excluding carboxylic acids is 3. The second-order valence-corrected chi connectivity index (χ2v) is 27.2. The number of rotatable bonds is 2. The quantitative estimate of drug-likeness (QED) is 0.126. The fourth-order valence-corrected chi connectivity index (χ4v) is 12.2. The predicted octanol–water partition coefficient (Wildman–Crippen LogP) is 7.09. The fourth-order valence-electron chi connectivity index (χ4n) is 10.3. The van der Waals surface area contributed by atoms with Gasteiger partial charge in [0, 0.05) is 46.4 Å². The highest BCUT2D eigenvalue weighted by molar-refractivity contribution is 7.90. The van der Waals surface area contributed by atoms with E-state index in [0.717, 1.165) is 30.7 Å². The molecule has 2 unspecified atom stereocenters. The number of anilines is 4. The molecule has 2 saturated heterocycles. The van der Waals surface area contributed by atoms with Crippen molar-refractivity contribution in [3.63, 3.8) is 0 Å². The summed E-state index contributed by atoms with van der Waals surface area (Å²) >= 11 is 0. The van der Waals surface area contributed by atoms with E-state index in [1.807, 2.05) is 20.8 Å². The third kappa shape index (κ3) is 12.4. The molecule has 0 aliphatic carbocycles. The largest absolute Gasteiger partial charge is 0.467 e. The predicted molar refractivity (Wildman–Crippen MR) is 284 cm³/mol. The second-order valence-electron chi connectivity index (χ2n) is 23.9. The molecule has 5 N–H and O–H groups in total. The molecule has 8 heterocycles. The summed E-state index contributed by atoms with van der Waals surface area (Å²) < 4.78 is 62.1. The van der Waals surface area contributed by atoms with E-state index in [-0.39, 0.29) is 60.9 Å². The monoisotopic (exact) mass is 1060 g/mol. The topological polar surface area (TPSA) is 255 Å². The summed E-state index contributed by atoms with van der Waals surface area (Å²) in [4.78, 5) is 61.9. The molecule has 0 saturated carbocycles. The summed E-state index contributed by atoms with van der Waals surface area (Å²) in [5, 5.41) is 16.5. The van der Waals surface area contributed by atoms with Gasteiger partial charge >= 0.3 is 5.97 Å². The number of aliphatic hydroxyl groups is 1. The molecule has 4 aromatic rings. The average molecular weight is 1060 g/mol. The Kier molecular flexibility index (Phi) is 15.3. The van der Waals surface area contributed by atoms with Crippen LogP contribution in [0.25, 0.3) is 0 Å². The summed E-state index contributed by atoms with van der Waals surface area (Å²) in [6.07, 6.45) is 4.37. The van der Waals surface area contributed by atoms with Gasteiger partial charge in [-0.15, -0.1) is 0 Å². The maximum atomic E-state index is 13.5. The minimum absolute atomic E-state index is 0.182. The van der Waals surface area contributed by atoms with Crippen molar-refractivity contribution in [2.45, 2.75) is 171 Å². The molecule has 2 fully saturated rings. The highest BCUT2D eigenvalue weighted by Crippen LogP contribution is 2.43. The second kappa shape index (κ2) is 20.3. The summed E-state index contributed by atoms with van der Waals surface area (Å²) in [6, 6.07) is 14.7. The van der Waals surface area contributed by atoms with Crippen LogP contribution in [-0.2, 0) is 40.4 Å². The zero-order valence-corrected chi connectivity index (χ0v) is 46.6. The van der Waals surface area contributed by atoms with Crippen LogP contribution in [0.2, 0.25) is 0 Å². The molecular formula is C53H74N10O9S2. The van der Waals surface area contributed by atoms with E-state index in [2.05, 4.69) is 88.3 Å². The van der Waals surface area contributed by atoms with Crippen molar-refractivity contribution < 1.29 is 41.1 Å². The molecule has 4 aliphatic rings. The summed E-state index contributed by atoms with van der Waals surface area (Å²) in [5.41, 5.74) is -0.242. The van der Waals surface area contributed by atoms with Gasteiger partial charge in [-0.3, -0.25) is 9.59 Å². The Morgan fingerprint density at radius 1 is 0.622 bits per heavy atom. The summed E-state index contributed by atoms with van der Waals surface area (Å²) in [6.45, 7) is 25.5. The van der Waals surface area contributed by atoms with Gasteiger partial charge in [-0.05, 0) is 140 Å². The Morgan fingerprint density at radius 3 is 1.45 bits per heavy atom. The maximum absolute atomic E-state index is 13.5. The van der Waals surface area contributed by atoms with Crippen LogP contribution in [0.1, 0.15) is 154 Å². The molecule has 0 radical (unpaired) electrons. The number of carbonyl (C=O) groups is 3. The van der Waals surface area contributed by atoms with E-state index >= 15 is 0 Å². The van der Waals surface area contributed by atoms with E-state index in [1.165, 1.54) is 25.3 Å². The van der Waals surface area contributed by atoms with Crippen LogP contribution in [-0.4, -0.2) is 109 Å². The lowest BCUT2D eigenvalue weighted by atomic mass is 9.88. The molecule has 19 nitrogen and oxygen atoms in total. The minimum atomic E-state index is -4.31. The Bertz CT molecular complexity index is 3020. The molecule has 4 aromatic heterocycles. The van der Waals surface area contributed by atoms with Crippen LogP contribution < -0.4 is 29.9 Å². The van der Waals surface area contributed by atoms with Crippen molar-refractivity contribution in [1.29, 1.82) is 0 Å². The van der Waals surface area contributed by atoms with E-state index in [4.69, 9.17) is 14.7 Å². The van der Waals surface area contributed by atoms with Crippen LogP contribution in [0.15, 0.2) is 70.7 Å². The van der Waals surface area contributed by atoms with Gasteiger partial charge < -0.3 is 30.3 Å². The lowest BCUT2D eigenvalue weighted by Gasteiger charge is -2.34. The molecule has 0 spiro atoms. The lowest BCUT2D eigenvalue weighted by molar-refractivity contribution is -0.141. The van der Waals surface area contributed by atoms with Crippen molar-refractivity contribution in [3.05, 3.63) is 83.2 Å². The van der Waals surface area contributed by atoms with Crippen LogP contribution in [0, 0.1) is 11.8 Å². The third-order valence-corrected chi connectivity index (χ3v) is 16.8. The molecule has 4 aliphatic heterocycles. The standard InChI is InChI=1S/C27H39N5O4S.C26H35N5O5S/c1-25(2,3)19-14-12-18-23(29-19)32-16-17(15-26(32,4)5)11-13-20(27(6,7)34)28-21-9-8-10-22(30-21)37(35,36)31-24(18)33;1-25(2,3)19-13-11-17-22(28-19)31-15-16(14-26(31,4)5)10-12-18(24(33)36-6)27-20-8-7-9-21(29-20)37(34,35)30-23(17)32/h8-10,12,14,17,20,34H,11,13,15-16H2,1-7H3,(H,28,30)(H,31,33);7-9,11,13,16,18H,10,12,14-15H2,1-6H3,(H,27,29)(H,30,32)/t17-,20?;16-,18?/m00/s1. The van der Waals surface area contributed by atoms with Gasteiger partial charge in [-0.1, -0.05) is 53.7 Å². The highest BCUT2D eigenvalue weighted by Gasteiger charge is 2.44. The van der Waals surface area contributed by atoms with Crippen molar-refractivity contribution >= 4 is 61.1 Å². The average Bonchev–Trinajstić information content (AvgIpc) is 3.79. The number of sulfonamides is 2. The Balaban J connectivity index is 0.000000216. The van der Waals surface area contributed by atoms with Gasteiger partial charge in [-0.25, -0.2) is 34.2 Å². The molecular weight excluding hydrogens is 985 g/mol. The number of hydrogen-bond acceptors (Lipinski definition) is 17. The Morgan fingerprint density at radius 2 is 1.04 bits per heavy atom. The molecule has 0 aromatic carbocycles. The first-order chi connectivity index (χ1) is 34.2. The number of esters is 1. The van der Waals surface area contributed by atoms with Crippen LogP contribution in [0.3, 0.4) is 0 Å². The zero-order chi connectivity index (χ0) is 54.6. The minimum Gasteiger partial charge on any atom is -0.467 e. The van der Waals surface area contributed by atoms with Gasteiger partial charge in [0.25, 0.3) is 31.9 Å². The Hall–Kier alpha value is -5.93. The highest BCUT2D eigenvalue weighted by atomic mass is 32.2. The van der Waals surface area contributed by atoms with Crippen molar-refractivity contribution in [2.75, 3.05) is 40.6 Å². The SMILES string of the molecule is CC(C)(C)c1ccc2c(n1)N1C[C@@H](CCC(C(C)(C)O)Nc3cccc(n3)S(=O)(=O)NC2=O)CC1(C)C.COC(=O)C1CC[C@@H]2CN(c3nc(C(C)(C)C)ccc3C(=O)NS(=O)(=O)c3cccc(n3)N1)C(C)(C)C2. The molecule has 402 valence electrons. The molecule has 8 rings (SSSR count). The number of nitrogens with zero attached hydrogens (tertiary/aromatic N) is 6. The number of methoxy groups -OCH3 is 1. The third-order valence-electron chi connectivity index (χ3n) is 14.4. The van der Waals surface area contributed by atoms with Crippen LogP contribution in [0.4, 0.5) is 23.3 Å². The number of hydrogen-bond donors (Lipinski definition) is 5. The zero-order valence-electron chi connectivity index (χ0n) is 45.0. The van der Waals surface area contributed by atoms with E-state index in [9.17, 15) is 36.3 Å². The van der Waals surface area contributed by atoms with E-state index < -0.39 is 49.5 Å². The smallest absolute Gasteiger partial charge is 0.328 e. The van der Waals surface area contributed by atoms with E-state index in [0.29, 0.717) is 55.7 Å². The van der Waals surface area contributed by atoms with Crippen molar-refractivity contribution in [1.82, 2.24) is 29.4 Å². The Labute approximate surface area is 436 Å². The first kappa shape index (κ1) is 55.8. The van der Waals surface area contributed by atoms with Crippen molar-refractivity contribution in [2.24, 2.45) is 11.8 Å². The molecule has 4 atom stereocenters. The van der Waals surface area contributed by atoms with Gasteiger partial charge in [0.05, 0.1) is 29.9 Å². The van der Waals surface area contributed by atoms with Gasteiger partial charge in [0.1, 0.15) is 29.3 Å². The molecule has 21 heteroatoms. The van der Waals surface area contributed by atoms with Gasteiger partial charge in [0.15, 0.2) is 10.1 Å². The van der Waals surface area contributed by atoms with Crippen LogP contribution >= 0.6 is 0 Å². The molecule has 2 amide bonds.